The highest BCUT2D eigenvalue weighted by molar-refractivity contribution is 7.89. The highest BCUT2D eigenvalue weighted by Gasteiger charge is 2.35. The van der Waals surface area contributed by atoms with Crippen molar-refractivity contribution in [1.29, 1.82) is 0 Å². The van der Waals surface area contributed by atoms with Gasteiger partial charge in [-0.1, -0.05) is 17.7 Å². The number of H-pyrrole nitrogens is 1. The summed E-state index contributed by atoms with van der Waals surface area (Å²) in [5, 5.41) is 6.97. The van der Waals surface area contributed by atoms with Crippen molar-refractivity contribution in [3.8, 4) is 0 Å². The third kappa shape index (κ3) is 3.77. The van der Waals surface area contributed by atoms with Crippen molar-refractivity contribution in [3.63, 3.8) is 0 Å². The quantitative estimate of drug-likeness (QED) is 0.876. The minimum atomic E-state index is -3.57. The van der Waals surface area contributed by atoms with Crippen molar-refractivity contribution < 1.29 is 17.9 Å². The molecule has 1 N–H and O–H groups in total. The zero-order chi connectivity index (χ0) is 18.0. The molecule has 1 aliphatic rings. The fourth-order valence-electron chi connectivity index (χ4n) is 3.00. The number of hydrogen-bond acceptors (Lipinski definition) is 5. The smallest absolute Gasteiger partial charge is 0.243 e. The molecule has 2 aromatic rings. The van der Waals surface area contributed by atoms with Crippen molar-refractivity contribution in [2.24, 2.45) is 0 Å². The number of aromatic nitrogens is 2. The second-order valence-corrected chi connectivity index (χ2v) is 8.23. The minimum Gasteiger partial charge on any atom is -0.378 e. The van der Waals surface area contributed by atoms with Gasteiger partial charge in [0.15, 0.2) is 0 Å². The molecule has 1 aromatic heterocycles. The van der Waals surface area contributed by atoms with Gasteiger partial charge in [-0.25, -0.2) is 8.42 Å². The van der Waals surface area contributed by atoms with Gasteiger partial charge >= 0.3 is 0 Å². The van der Waals surface area contributed by atoms with Gasteiger partial charge in [-0.05, 0) is 26.0 Å². The fourth-order valence-corrected chi connectivity index (χ4v) is 4.51. The van der Waals surface area contributed by atoms with Crippen LogP contribution in [0.3, 0.4) is 0 Å². The van der Waals surface area contributed by atoms with E-state index in [1.807, 2.05) is 13.8 Å². The summed E-state index contributed by atoms with van der Waals surface area (Å²) in [6, 6.07) is 6.91. The molecule has 2 heterocycles. The first kappa shape index (κ1) is 18.1. The number of nitrogens with one attached hydrogen (secondary N) is 1. The zero-order valence-corrected chi connectivity index (χ0v) is 15.4. The maximum absolute atomic E-state index is 13.0. The molecule has 1 aromatic carbocycles. The molecule has 0 radical (unpaired) electrons. The van der Waals surface area contributed by atoms with Gasteiger partial charge in [-0.3, -0.25) is 5.10 Å². The Morgan fingerprint density at radius 3 is 2.72 bits per heavy atom. The second-order valence-electron chi connectivity index (χ2n) is 6.29. The van der Waals surface area contributed by atoms with E-state index in [1.165, 1.54) is 4.31 Å². The van der Waals surface area contributed by atoms with Crippen LogP contribution in [-0.2, 0) is 26.1 Å². The number of aryl methyl sites for hydroxylation is 1. The number of aromatic amines is 1. The van der Waals surface area contributed by atoms with Gasteiger partial charge in [-0.2, -0.15) is 9.40 Å². The number of hydrogen-bond donors (Lipinski definition) is 1. The molecule has 1 fully saturated rings. The Morgan fingerprint density at radius 1 is 1.32 bits per heavy atom. The van der Waals surface area contributed by atoms with Crippen molar-refractivity contribution in [1.82, 2.24) is 14.5 Å². The molecule has 1 saturated heterocycles. The van der Waals surface area contributed by atoms with Gasteiger partial charge in [0.1, 0.15) is 6.10 Å². The number of methoxy groups -OCH3 is 1. The van der Waals surface area contributed by atoms with Gasteiger partial charge in [0.25, 0.3) is 0 Å². The number of morpholine rings is 1. The predicted octanol–water partition coefficient (Wildman–Crippen LogP) is 2.02. The first-order valence-corrected chi connectivity index (χ1v) is 9.59. The summed E-state index contributed by atoms with van der Waals surface area (Å²) >= 11 is 0. The third-order valence-electron chi connectivity index (χ3n) is 4.27. The van der Waals surface area contributed by atoms with Crippen molar-refractivity contribution in [2.45, 2.75) is 37.6 Å². The Balaban J connectivity index is 1.87. The number of ether oxygens (including phenoxy) is 2. The standard InChI is InChI=1S/C17H23N3O4S/c1-12-4-6-14(7-5-12)25(21,22)20-9-13(2)24-17(10-20)15-8-18-19-16(15)11-23-3/h4-8,13,17H,9-11H2,1-3H3,(H,18,19)/t13-,17-/m1/s1. The van der Waals surface area contributed by atoms with E-state index in [0.29, 0.717) is 18.0 Å². The summed E-state index contributed by atoms with van der Waals surface area (Å²) in [4.78, 5) is 0.301. The normalized spacial score (nSPS) is 22.2. The van der Waals surface area contributed by atoms with Crippen molar-refractivity contribution in [2.75, 3.05) is 20.2 Å². The molecule has 2 atom stereocenters. The molecular formula is C17H23N3O4S. The third-order valence-corrected chi connectivity index (χ3v) is 6.11. The first-order chi connectivity index (χ1) is 11.9. The average molecular weight is 365 g/mol. The van der Waals surface area contributed by atoms with E-state index < -0.39 is 10.0 Å². The molecule has 0 unspecified atom stereocenters. The summed E-state index contributed by atoms with van der Waals surface area (Å²) in [6.45, 7) is 4.72. The average Bonchev–Trinajstić information content (AvgIpc) is 3.03. The van der Waals surface area contributed by atoms with Gasteiger partial charge in [0.05, 0.1) is 23.3 Å². The van der Waals surface area contributed by atoms with Gasteiger partial charge in [0.2, 0.25) is 10.0 Å². The molecule has 136 valence electrons. The summed E-state index contributed by atoms with van der Waals surface area (Å²) < 4.78 is 38.6. The monoisotopic (exact) mass is 365 g/mol. The van der Waals surface area contributed by atoms with E-state index in [2.05, 4.69) is 10.2 Å². The van der Waals surface area contributed by atoms with Crippen molar-refractivity contribution in [3.05, 3.63) is 47.3 Å². The Bertz CT molecular complexity index is 817. The molecule has 0 aliphatic carbocycles. The van der Waals surface area contributed by atoms with E-state index in [9.17, 15) is 8.42 Å². The van der Waals surface area contributed by atoms with Gasteiger partial charge in [0, 0.05) is 32.0 Å². The predicted molar refractivity (Wildman–Crippen MR) is 92.5 cm³/mol. The van der Waals surface area contributed by atoms with Crippen LogP contribution in [-0.4, -0.2) is 49.2 Å². The summed E-state index contributed by atoms with van der Waals surface area (Å²) in [5.74, 6) is 0. The topological polar surface area (TPSA) is 84.5 Å². The Kier molecular flexibility index (Phi) is 5.24. The molecule has 0 saturated carbocycles. The van der Waals surface area contributed by atoms with Crippen LogP contribution in [0.1, 0.15) is 29.8 Å². The Hall–Kier alpha value is -1.74. The van der Waals surface area contributed by atoms with Crippen LogP contribution in [0.15, 0.2) is 35.4 Å². The SMILES string of the molecule is COCc1n[nH]cc1[C@H]1CN(S(=O)(=O)c2ccc(C)cc2)C[C@@H](C)O1. The van der Waals surface area contributed by atoms with Crippen LogP contribution in [0.4, 0.5) is 0 Å². The number of rotatable bonds is 5. The molecular weight excluding hydrogens is 342 g/mol. The summed E-state index contributed by atoms with van der Waals surface area (Å²) in [6.07, 6.45) is 1.14. The molecule has 8 heteroatoms. The van der Waals surface area contributed by atoms with Crippen LogP contribution >= 0.6 is 0 Å². The van der Waals surface area contributed by atoms with E-state index in [0.717, 1.165) is 16.8 Å². The van der Waals surface area contributed by atoms with Gasteiger partial charge in [-0.15, -0.1) is 0 Å². The van der Waals surface area contributed by atoms with Crippen LogP contribution in [0.5, 0.6) is 0 Å². The van der Waals surface area contributed by atoms with E-state index in [-0.39, 0.29) is 18.8 Å². The molecule has 7 nitrogen and oxygen atoms in total. The van der Waals surface area contributed by atoms with Crippen LogP contribution < -0.4 is 0 Å². The van der Waals surface area contributed by atoms with E-state index in [1.54, 1.807) is 37.6 Å². The summed E-state index contributed by atoms with van der Waals surface area (Å²) in [5.41, 5.74) is 2.58. The fraction of sp³-hybridized carbons (Fsp3) is 0.471. The van der Waals surface area contributed by atoms with Crippen LogP contribution in [0.25, 0.3) is 0 Å². The zero-order valence-electron chi connectivity index (χ0n) is 14.6. The molecule has 25 heavy (non-hydrogen) atoms. The number of sulfonamides is 1. The van der Waals surface area contributed by atoms with Crippen LogP contribution in [0.2, 0.25) is 0 Å². The lowest BCUT2D eigenvalue weighted by Gasteiger charge is -2.36. The highest BCUT2D eigenvalue weighted by atomic mass is 32.2. The molecule has 0 spiro atoms. The maximum Gasteiger partial charge on any atom is 0.243 e. The summed E-state index contributed by atoms with van der Waals surface area (Å²) in [7, 11) is -1.98. The number of benzene rings is 1. The lowest BCUT2D eigenvalue weighted by molar-refractivity contribution is -0.0565. The van der Waals surface area contributed by atoms with Crippen molar-refractivity contribution >= 4 is 10.0 Å². The lowest BCUT2D eigenvalue weighted by atomic mass is 10.1. The Labute approximate surface area is 148 Å². The minimum absolute atomic E-state index is 0.218. The first-order valence-electron chi connectivity index (χ1n) is 8.15. The molecule has 3 rings (SSSR count). The molecule has 0 bridgehead atoms. The number of nitrogens with zero attached hydrogens (tertiary/aromatic N) is 2. The van der Waals surface area contributed by atoms with E-state index in [4.69, 9.17) is 9.47 Å². The van der Waals surface area contributed by atoms with Gasteiger partial charge < -0.3 is 9.47 Å². The highest BCUT2D eigenvalue weighted by Crippen LogP contribution is 2.30. The largest absolute Gasteiger partial charge is 0.378 e. The Morgan fingerprint density at radius 2 is 2.04 bits per heavy atom. The molecule has 1 aliphatic heterocycles. The van der Waals surface area contributed by atoms with Crippen LogP contribution in [0, 0.1) is 6.92 Å². The maximum atomic E-state index is 13.0. The van der Waals surface area contributed by atoms with E-state index >= 15 is 0 Å². The lowest BCUT2D eigenvalue weighted by Crippen LogP contribution is -2.45. The second kappa shape index (κ2) is 7.25. The molecule has 0 amide bonds.